The lowest BCUT2D eigenvalue weighted by molar-refractivity contribution is 0.0971. The van der Waals surface area contributed by atoms with Crippen LogP contribution in [-0.4, -0.2) is 19.6 Å². The van der Waals surface area contributed by atoms with E-state index < -0.39 is 23.2 Å². The van der Waals surface area contributed by atoms with Crippen LogP contribution in [0.5, 0.6) is 11.5 Å². The van der Waals surface area contributed by atoms with E-state index in [-0.39, 0.29) is 22.3 Å². The van der Waals surface area contributed by atoms with Crippen LogP contribution in [0.15, 0.2) is 69.9 Å². The third kappa shape index (κ3) is 4.55. The van der Waals surface area contributed by atoms with Gasteiger partial charge in [-0.3, -0.25) is 14.5 Å². The minimum atomic E-state index is -0.858. The molecule has 0 spiro atoms. The summed E-state index contributed by atoms with van der Waals surface area (Å²) in [7, 11) is 1.53. The topological polar surface area (TPSA) is 69.0 Å². The van der Waals surface area contributed by atoms with E-state index in [9.17, 15) is 14.0 Å². The maximum Gasteiger partial charge on any atom is 0.295 e. The second kappa shape index (κ2) is 9.90. The van der Waals surface area contributed by atoms with Crippen LogP contribution in [0, 0.1) is 11.7 Å². The van der Waals surface area contributed by atoms with Crippen molar-refractivity contribution in [3.05, 3.63) is 98.6 Å². The van der Waals surface area contributed by atoms with Gasteiger partial charge in [-0.2, -0.15) is 0 Å². The van der Waals surface area contributed by atoms with Gasteiger partial charge in [-0.05, 0) is 66.4 Å². The van der Waals surface area contributed by atoms with E-state index in [4.69, 9.17) is 25.5 Å². The van der Waals surface area contributed by atoms with Gasteiger partial charge in [-0.1, -0.05) is 37.6 Å². The van der Waals surface area contributed by atoms with Crippen LogP contribution in [0.2, 0.25) is 5.02 Å². The Kier molecular flexibility index (Phi) is 6.65. The van der Waals surface area contributed by atoms with Crippen molar-refractivity contribution in [3.63, 3.8) is 0 Å². The van der Waals surface area contributed by atoms with Gasteiger partial charge in [-0.15, -0.1) is 0 Å². The van der Waals surface area contributed by atoms with Crippen molar-refractivity contribution in [1.82, 2.24) is 0 Å². The number of methoxy groups -OCH3 is 1. The standard InChI is InChI=1S/C29H25ClFNO5/c1-16(2)11-12-36-23-9-7-17(13-24(23)35-3)26-25-27(33)21-15-19(31)8-10-22(21)37-28(25)29(34)32(26)20-6-4-5-18(30)14-20/h4-10,13-16,26H,11-12H2,1-3H3. The normalized spacial score (nSPS) is 14.9. The lowest BCUT2D eigenvalue weighted by atomic mass is 9.97. The number of fused-ring (bicyclic) bond motifs is 2. The largest absolute Gasteiger partial charge is 0.493 e. The summed E-state index contributed by atoms with van der Waals surface area (Å²) >= 11 is 6.25. The summed E-state index contributed by atoms with van der Waals surface area (Å²) in [5.41, 5.74) is 0.869. The quantitative estimate of drug-likeness (QED) is 0.268. The lowest BCUT2D eigenvalue weighted by Crippen LogP contribution is -2.29. The van der Waals surface area contributed by atoms with Gasteiger partial charge in [0.15, 0.2) is 16.9 Å². The molecule has 0 N–H and O–H groups in total. The SMILES string of the molecule is COc1cc(C2c3c(oc4ccc(F)cc4c3=O)C(=O)N2c2cccc(Cl)c2)ccc1OCCC(C)C. The Morgan fingerprint density at radius 2 is 1.86 bits per heavy atom. The average Bonchev–Trinajstić information content (AvgIpc) is 3.17. The van der Waals surface area contributed by atoms with Crippen LogP contribution in [0.3, 0.4) is 0 Å². The van der Waals surface area contributed by atoms with E-state index in [1.165, 1.54) is 24.1 Å². The molecule has 0 bridgehead atoms. The molecular formula is C29H25ClFNO5. The second-order valence-electron chi connectivity index (χ2n) is 9.31. The Balaban J connectivity index is 1.69. The number of amides is 1. The van der Waals surface area contributed by atoms with Crippen molar-refractivity contribution in [3.8, 4) is 11.5 Å². The number of anilines is 1. The molecule has 4 aromatic rings. The average molecular weight is 522 g/mol. The van der Waals surface area contributed by atoms with Crippen molar-refractivity contribution >= 4 is 34.2 Å². The van der Waals surface area contributed by atoms with Gasteiger partial charge < -0.3 is 13.9 Å². The van der Waals surface area contributed by atoms with E-state index in [2.05, 4.69) is 13.8 Å². The fourth-order valence-corrected chi connectivity index (χ4v) is 4.72. The molecule has 0 aliphatic carbocycles. The molecule has 2 heterocycles. The molecule has 1 aliphatic rings. The van der Waals surface area contributed by atoms with Gasteiger partial charge in [-0.25, -0.2) is 4.39 Å². The van der Waals surface area contributed by atoms with Gasteiger partial charge in [0, 0.05) is 10.7 Å². The van der Waals surface area contributed by atoms with Gasteiger partial charge in [0.25, 0.3) is 5.91 Å². The number of hydrogen-bond donors (Lipinski definition) is 0. The molecule has 5 rings (SSSR count). The number of carbonyl (C=O) groups excluding carboxylic acids is 1. The van der Waals surface area contributed by atoms with Crippen LogP contribution in [0.25, 0.3) is 11.0 Å². The summed E-state index contributed by atoms with van der Waals surface area (Å²) in [6.45, 7) is 4.75. The molecule has 3 aromatic carbocycles. The molecular weight excluding hydrogens is 497 g/mol. The summed E-state index contributed by atoms with van der Waals surface area (Å²) in [4.78, 5) is 28.8. The third-order valence-electron chi connectivity index (χ3n) is 6.37. The first-order valence-corrected chi connectivity index (χ1v) is 12.3. The van der Waals surface area contributed by atoms with E-state index in [0.717, 1.165) is 12.5 Å². The highest BCUT2D eigenvalue weighted by atomic mass is 35.5. The maximum atomic E-state index is 14.0. The van der Waals surface area contributed by atoms with Crippen molar-refractivity contribution in [2.75, 3.05) is 18.6 Å². The molecule has 0 radical (unpaired) electrons. The van der Waals surface area contributed by atoms with E-state index in [1.54, 1.807) is 42.5 Å². The number of ether oxygens (including phenoxy) is 2. The Morgan fingerprint density at radius 1 is 1.05 bits per heavy atom. The zero-order valence-corrected chi connectivity index (χ0v) is 21.3. The first kappa shape index (κ1) is 24.8. The summed E-state index contributed by atoms with van der Waals surface area (Å²) in [5.74, 6) is 0.336. The highest BCUT2D eigenvalue weighted by Gasteiger charge is 2.44. The maximum absolute atomic E-state index is 14.0. The molecule has 1 aliphatic heterocycles. The Labute approximate surface area is 218 Å². The molecule has 0 saturated carbocycles. The summed E-state index contributed by atoms with van der Waals surface area (Å²) in [6.07, 6.45) is 0.878. The summed E-state index contributed by atoms with van der Waals surface area (Å²) in [6, 6.07) is 14.9. The number of rotatable bonds is 7. The molecule has 0 fully saturated rings. The van der Waals surface area contributed by atoms with Gasteiger partial charge in [0.1, 0.15) is 11.4 Å². The van der Waals surface area contributed by atoms with Gasteiger partial charge >= 0.3 is 0 Å². The van der Waals surface area contributed by atoms with E-state index in [1.807, 2.05) is 0 Å². The van der Waals surface area contributed by atoms with Crippen molar-refractivity contribution in [2.45, 2.75) is 26.3 Å². The number of hydrogen-bond acceptors (Lipinski definition) is 5. The molecule has 1 amide bonds. The molecule has 37 heavy (non-hydrogen) atoms. The first-order valence-electron chi connectivity index (χ1n) is 11.9. The summed E-state index contributed by atoms with van der Waals surface area (Å²) < 4.78 is 31.5. The molecule has 190 valence electrons. The molecule has 1 aromatic heterocycles. The number of benzene rings is 3. The summed E-state index contributed by atoms with van der Waals surface area (Å²) in [5, 5.41) is 0.489. The molecule has 6 nitrogen and oxygen atoms in total. The molecule has 8 heteroatoms. The predicted molar refractivity (Wildman–Crippen MR) is 140 cm³/mol. The Bertz CT molecular complexity index is 1560. The van der Waals surface area contributed by atoms with E-state index in [0.29, 0.717) is 40.3 Å². The fourth-order valence-electron chi connectivity index (χ4n) is 4.53. The monoisotopic (exact) mass is 521 g/mol. The smallest absolute Gasteiger partial charge is 0.295 e. The first-order chi connectivity index (χ1) is 17.8. The third-order valence-corrected chi connectivity index (χ3v) is 6.61. The van der Waals surface area contributed by atoms with Crippen molar-refractivity contribution < 1.29 is 23.1 Å². The number of halogens is 2. The van der Waals surface area contributed by atoms with E-state index >= 15 is 0 Å². The Hall–Kier alpha value is -3.84. The highest BCUT2D eigenvalue weighted by molar-refractivity contribution is 6.31. The van der Waals surface area contributed by atoms with Crippen LogP contribution >= 0.6 is 11.6 Å². The number of nitrogens with zero attached hydrogens (tertiary/aromatic N) is 1. The van der Waals surface area contributed by atoms with Crippen LogP contribution in [0.4, 0.5) is 10.1 Å². The zero-order chi connectivity index (χ0) is 26.3. The minimum Gasteiger partial charge on any atom is -0.493 e. The predicted octanol–water partition coefficient (Wildman–Crippen LogP) is 6.77. The lowest BCUT2D eigenvalue weighted by Gasteiger charge is -2.26. The fraction of sp³-hybridized carbons (Fsp3) is 0.241. The van der Waals surface area contributed by atoms with Crippen molar-refractivity contribution in [1.29, 1.82) is 0 Å². The second-order valence-corrected chi connectivity index (χ2v) is 9.75. The molecule has 0 saturated heterocycles. The Morgan fingerprint density at radius 3 is 2.59 bits per heavy atom. The van der Waals surface area contributed by atoms with Crippen LogP contribution in [-0.2, 0) is 0 Å². The van der Waals surface area contributed by atoms with Crippen LogP contribution in [0.1, 0.15) is 48.0 Å². The minimum absolute atomic E-state index is 0.0603. The number of carbonyl (C=O) groups is 1. The van der Waals surface area contributed by atoms with Gasteiger partial charge in [0.2, 0.25) is 5.76 Å². The zero-order valence-electron chi connectivity index (χ0n) is 20.6. The molecule has 1 unspecified atom stereocenters. The molecule has 1 atom stereocenters. The van der Waals surface area contributed by atoms with Crippen LogP contribution < -0.4 is 19.8 Å². The van der Waals surface area contributed by atoms with Gasteiger partial charge in [0.05, 0.1) is 30.7 Å². The highest BCUT2D eigenvalue weighted by Crippen LogP contribution is 2.43. The van der Waals surface area contributed by atoms with Crippen molar-refractivity contribution in [2.24, 2.45) is 5.92 Å².